The van der Waals surface area contributed by atoms with E-state index in [0.29, 0.717) is 24.9 Å². The number of rotatable bonds is 5. The lowest BCUT2D eigenvalue weighted by Gasteiger charge is -2.24. The third-order valence-corrected chi connectivity index (χ3v) is 4.47. The molecule has 2 N–H and O–H groups in total. The molecule has 0 aromatic heterocycles. The van der Waals surface area contributed by atoms with Gasteiger partial charge in [-0.05, 0) is 43.4 Å². The minimum Gasteiger partial charge on any atom is -0.496 e. The van der Waals surface area contributed by atoms with Gasteiger partial charge in [0.2, 0.25) is 5.91 Å². The third kappa shape index (κ3) is 4.14. The van der Waals surface area contributed by atoms with Crippen LogP contribution in [-0.4, -0.2) is 37.0 Å². The fourth-order valence-corrected chi connectivity index (χ4v) is 3.22. The van der Waals surface area contributed by atoms with Crippen molar-refractivity contribution in [3.8, 4) is 5.75 Å². The lowest BCUT2D eigenvalue weighted by atomic mass is 9.96. The molecule has 124 valence electrons. The number of nitrogens with zero attached hydrogens (tertiary/aromatic N) is 1. The molecule has 22 heavy (non-hydrogen) atoms. The zero-order valence-electron chi connectivity index (χ0n) is 13.6. The number of hydrogen-bond acceptors (Lipinski definition) is 3. The number of ether oxygens (including phenoxy) is 1. The summed E-state index contributed by atoms with van der Waals surface area (Å²) in [5.41, 5.74) is 6.83. The van der Waals surface area contributed by atoms with Crippen LogP contribution in [0.2, 0.25) is 0 Å². The van der Waals surface area contributed by atoms with Crippen LogP contribution in [0.1, 0.15) is 38.2 Å². The van der Waals surface area contributed by atoms with E-state index in [-0.39, 0.29) is 24.2 Å². The highest BCUT2D eigenvalue weighted by atomic mass is 35.5. The Bertz CT molecular complexity index is 495. The zero-order chi connectivity index (χ0) is 15.4. The number of para-hydroxylation sites is 1. The van der Waals surface area contributed by atoms with Crippen LogP contribution < -0.4 is 10.5 Å². The van der Waals surface area contributed by atoms with Gasteiger partial charge in [-0.1, -0.05) is 25.1 Å². The average molecular weight is 327 g/mol. The van der Waals surface area contributed by atoms with Crippen LogP contribution in [0.4, 0.5) is 0 Å². The van der Waals surface area contributed by atoms with E-state index in [1.165, 1.54) is 0 Å². The topological polar surface area (TPSA) is 55.6 Å². The first kappa shape index (κ1) is 18.8. The molecule has 1 aromatic rings. The summed E-state index contributed by atoms with van der Waals surface area (Å²) in [6.07, 6.45) is 1.54. The predicted octanol–water partition coefficient (Wildman–Crippen LogP) is 2.81. The van der Waals surface area contributed by atoms with Gasteiger partial charge in [0.05, 0.1) is 7.11 Å². The van der Waals surface area contributed by atoms with Gasteiger partial charge in [-0.3, -0.25) is 4.79 Å². The molecular formula is C17H27ClN2O2. The molecule has 4 nitrogen and oxygen atoms in total. The number of carbonyl (C=O) groups excluding carboxylic acids is 1. The van der Waals surface area contributed by atoms with Gasteiger partial charge in [-0.25, -0.2) is 0 Å². The van der Waals surface area contributed by atoms with Gasteiger partial charge >= 0.3 is 0 Å². The van der Waals surface area contributed by atoms with E-state index >= 15 is 0 Å². The van der Waals surface area contributed by atoms with Crippen LogP contribution in [0, 0.1) is 5.92 Å². The van der Waals surface area contributed by atoms with Crippen molar-refractivity contribution in [2.24, 2.45) is 11.7 Å². The van der Waals surface area contributed by atoms with Crippen LogP contribution >= 0.6 is 12.4 Å². The smallest absolute Gasteiger partial charge is 0.223 e. The maximum atomic E-state index is 12.5. The number of hydrogen-bond donors (Lipinski definition) is 1. The lowest BCUT2D eigenvalue weighted by molar-refractivity contribution is -0.132. The summed E-state index contributed by atoms with van der Waals surface area (Å²) in [6, 6.07) is 8.22. The Hall–Kier alpha value is -1.26. The minimum atomic E-state index is 0. The molecule has 1 aromatic carbocycles. The fraction of sp³-hybridized carbons (Fsp3) is 0.588. The Balaban J connectivity index is 0.00000242. The molecule has 0 bridgehead atoms. The molecule has 5 heteroatoms. The first-order valence-electron chi connectivity index (χ1n) is 7.69. The summed E-state index contributed by atoms with van der Waals surface area (Å²) in [6.45, 7) is 5.66. The molecule has 0 saturated carbocycles. The maximum absolute atomic E-state index is 12.5. The van der Waals surface area contributed by atoms with Crippen LogP contribution in [-0.2, 0) is 4.79 Å². The Labute approximate surface area is 139 Å². The van der Waals surface area contributed by atoms with E-state index < -0.39 is 0 Å². The van der Waals surface area contributed by atoms with E-state index in [1.54, 1.807) is 7.11 Å². The Morgan fingerprint density at radius 1 is 1.45 bits per heavy atom. The first-order valence-corrected chi connectivity index (χ1v) is 7.69. The molecule has 1 amide bonds. The van der Waals surface area contributed by atoms with Gasteiger partial charge in [-0.15, -0.1) is 12.4 Å². The number of likely N-dealkylation sites (tertiary alicyclic amines) is 1. The predicted molar refractivity (Wildman–Crippen MR) is 91.6 cm³/mol. The Morgan fingerprint density at radius 2 is 2.14 bits per heavy atom. The molecule has 3 atom stereocenters. The molecule has 1 heterocycles. The number of amides is 1. The molecule has 0 spiro atoms. The second-order valence-corrected chi connectivity index (χ2v) is 6.08. The van der Waals surface area contributed by atoms with Crippen molar-refractivity contribution in [2.75, 3.05) is 20.2 Å². The largest absolute Gasteiger partial charge is 0.496 e. The zero-order valence-corrected chi connectivity index (χ0v) is 14.4. The fourth-order valence-electron chi connectivity index (χ4n) is 3.22. The Morgan fingerprint density at radius 3 is 2.73 bits per heavy atom. The van der Waals surface area contributed by atoms with E-state index in [4.69, 9.17) is 10.5 Å². The molecule has 0 aliphatic carbocycles. The van der Waals surface area contributed by atoms with Crippen LogP contribution in [0.5, 0.6) is 5.75 Å². The van der Waals surface area contributed by atoms with Crippen LogP contribution in [0.3, 0.4) is 0 Å². The van der Waals surface area contributed by atoms with E-state index in [1.807, 2.05) is 29.2 Å². The minimum absolute atomic E-state index is 0. The average Bonchev–Trinajstić information content (AvgIpc) is 2.88. The second kappa shape index (κ2) is 8.39. The monoisotopic (exact) mass is 326 g/mol. The third-order valence-electron chi connectivity index (χ3n) is 4.47. The van der Waals surface area contributed by atoms with E-state index in [0.717, 1.165) is 24.3 Å². The molecule has 0 radical (unpaired) electrons. The van der Waals surface area contributed by atoms with E-state index in [2.05, 4.69) is 13.8 Å². The van der Waals surface area contributed by atoms with Crippen molar-refractivity contribution in [1.29, 1.82) is 0 Å². The number of nitrogens with two attached hydrogens (primary N) is 1. The molecule has 3 unspecified atom stereocenters. The normalized spacial score (nSPS) is 22.1. The molecule has 1 fully saturated rings. The summed E-state index contributed by atoms with van der Waals surface area (Å²) in [5, 5.41) is 0. The van der Waals surface area contributed by atoms with Crippen molar-refractivity contribution in [1.82, 2.24) is 4.90 Å². The second-order valence-electron chi connectivity index (χ2n) is 6.08. The maximum Gasteiger partial charge on any atom is 0.223 e. The highest BCUT2D eigenvalue weighted by Gasteiger charge is 2.32. The summed E-state index contributed by atoms with van der Waals surface area (Å²) < 4.78 is 5.39. The van der Waals surface area contributed by atoms with Gasteiger partial charge in [0, 0.05) is 19.0 Å². The molecule has 1 aliphatic rings. The van der Waals surface area contributed by atoms with Crippen molar-refractivity contribution in [3.05, 3.63) is 29.8 Å². The summed E-state index contributed by atoms with van der Waals surface area (Å²) in [4.78, 5) is 14.5. The molecular weight excluding hydrogens is 300 g/mol. The van der Waals surface area contributed by atoms with Gasteiger partial charge < -0.3 is 15.4 Å². The van der Waals surface area contributed by atoms with Crippen molar-refractivity contribution >= 4 is 18.3 Å². The molecule has 2 rings (SSSR count). The molecule has 1 saturated heterocycles. The SMILES string of the molecule is COc1ccccc1C(C)CC(=O)N1CC(CN)CC1C.Cl. The highest BCUT2D eigenvalue weighted by molar-refractivity contribution is 5.85. The van der Waals surface area contributed by atoms with Crippen molar-refractivity contribution in [3.63, 3.8) is 0 Å². The van der Waals surface area contributed by atoms with Crippen molar-refractivity contribution in [2.45, 2.75) is 38.6 Å². The first-order chi connectivity index (χ1) is 10.1. The summed E-state index contributed by atoms with van der Waals surface area (Å²) >= 11 is 0. The Kier molecular flexibility index (Phi) is 7.17. The molecule has 1 aliphatic heterocycles. The van der Waals surface area contributed by atoms with Crippen LogP contribution in [0.15, 0.2) is 24.3 Å². The summed E-state index contributed by atoms with van der Waals surface area (Å²) in [7, 11) is 1.67. The lowest BCUT2D eigenvalue weighted by Crippen LogP contribution is -2.35. The van der Waals surface area contributed by atoms with Gasteiger partial charge in [-0.2, -0.15) is 0 Å². The van der Waals surface area contributed by atoms with E-state index in [9.17, 15) is 4.79 Å². The number of halogens is 1. The van der Waals surface area contributed by atoms with Crippen molar-refractivity contribution < 1.29 is 9.53 Å². The van der Waals surface area contributed by atoms with Gasteiger partial charge in [0.25, 0.3) is 0 Å². The quantitative estimate of drug-likeness (QED) is 0.905. The standard InChI is InChI=1S/C17H26N2O2.ClH/c1-12(15-6-4-5-7-16(15)21-3)8-17(20)19-11-14(10-18)9-13(19)2;/h4-7,12-14H,8-11,18H2,1-3H3;1H. The summed E-state index contributed by atoms with van der Waals surface area (Å²) in [5.74, 6) is 1.67. The number of carbonyl (C=O) groups is 1. The van der Waals surface area contributed by atoms with Gasteiger partial charge in [0.1, 0.15) is 5.75 Å². The number of methoxy groups -OCH3 is 1. The van der Waals surface area contributed by atoms with Crippen LogP contribution in [0.25, 0.3) is 0 Å². The highest BCUT2D eigenvalue weighted by Crippen LogP contribution is 2.30. The number of benzene rings is 1. The van der Waals surface area contributed by atoms with Gasteiger partial charge in [0.15, 0.2) is 0 Å².